The Morgan fingerprint density at radius 2 is 1.87 bits per heavy atom. The van der Waals surface area contributed by atoms with Crippen LogP contribution in [0.3, 0.4) is 0 Å². The zero-order chi connectivity index (χ0) is 17.2. The molecule has 23 heavy (non-hydrogen) atoms. The van der Waals surface area contributed by atoms with Gasteiger partial charge in [-0.2, -0.15) is 0 Å². The molecule has 0 aromatic heterocycles. The molecule has 3 aliphatic rings. The minimum Gasteiger partial charge on any atom is -0.389 e. The van der Waals surface area contributed by atoms with Gasteiger partial charge in [0.25, 0.3) is 0 Å². The van der Waals surface area contributed by atoms with Crippen molar-refractivity contribution in [2.45, 2.75) is 66.9 Å². The fourth-order valence-electron chi connectivity index (χ4n) is 5.65. The largest absolute Gasteiger partial charge is 0.389 e. The molecule has 0 aromatic rings. The summed E-state index contributed by atoms with van der Waals surface area (Å²) in [4.78, 5) is 12.9. The van der Waals surface area contributed by atoms with Gasteiger partial charge >= 0.3 is 0 Å². The second kappa shape index (κ2) is 5.17. The molecule has 3 atom stereocenters. The van der Waals surface area contributed by atoms with E-state index in [1.807, 2.05) is 19.1 Å². The first-order chi connectivity index (χ1) is 10.6. The third-order valence-corrected chi connectivity index (χ3v) is 6.51. The third kappa shape index (κ3) is 2.29. The fraction of sp³-hybridized carbons (Fsp3) is 0.667. The Hall–Kier alpha value is -1.15. The van der Waals surface area contributed by atoms with Crippen molar-refractivity contribution in [1.82, 2.24) is 0 Å². The van der Waals surface area contributed by atoms with Gasteiger partial charge in [0.05, 0.1) is 6.10 Å². The van der Waals surface area contributed by atoms with Crippen LogP contribution < -0.4 is 0 Å². The highest BCUT2D eigenvalue weighted by Crippen LogP contribution is 2.61. The highest BCUT2D eigenvalue weighted by Gasteiger charge is 2.54. The number of rotatable bonds is 1. The summed E-state index contributed by atoms with van der Waals surface area (Å²) in [6.07, 6.45) is 6.97. The third-order valence-electron chi connectivity index (χ3n) is 6.51. The maximum atomic E-state index is 12.9. The van der Waals surface area contributed by atoms with E-state index in [9.17, 15) is 9.90 Å². The van der Waals surface area contributed by atoms with Crippen molar-refractivity contribution in [2.24, 2.45) is 22.7 Å². The molecule has 0 aromatic carbocycles. The Morgan fingerprint density at radius 3 is 2.48 bits per heavy atom. The molecule has 126 valence electrons. The standard InChI is InChI=1S/C21H30O2/c1-12(2)15-10-14-11-16(22)19-20(4,5)8-7-9-21(19,6)17(14)13(3)18(15)23/h10-12,16,19,22H,7-9H2,1-6H3/t16-,19-,21+/m0/s1. The van der Waals surface area contributed by atoms with Crippen LogP contribution in [0.1, 0.15) is 60.8 Å². The maximum absolute atomic E-state index is 12.9. The Morgan fingerprint density at radius 1 is 1.22 bits per heavy atom. The summed E-state index contributed by atoms with van der Waals surface area (Å²) in [6, 6.07) is 0. The minimum atomic E-state index is -0.431. The lowest BCUT2D eigenvalue weighted by molar-refractivity contribution is -0.113. The van der Waals surface area contributed by atoms with E-state index in [4.69, 9.17) is 0 Å². The predicted octanol–water partition coefficient (Wildman–Crippen LogP) is 4.60. The van der Waals surface area contributed by atoms with Crippen LogP contribution in [-0.2, 0) is 4.79 Å². The molecule has 1 saturated carbocycles. The molecule has 2 nitrogen and oxygen atoms in total. The smallest absolute Gasteiger partial charge is 0.185 e. The van der Waals surface area contributed by atoms with Crippen LogP contribution in [0.25, 0.3) is 0 Å². The second-order valence-electron chi connectivity index (χ2n) is 8.93. The molecule has 0 aliphatic heterocycles. The molecular formula is C21H30O2. The second-order valence-corrected chi connectivity index (χ2v) is 8.93. The van der Waals surface area contributed by atoms with Gasteiger partial charge in [-0.15, -0.1) is 0 Å². The molecule has 0 saturated heterocycles. The number of aliphatic hydroxyl groups excluding tert-OH is 1. The number of aliphatic hydroxyl groups is 1. The summed E-state index contributed by atoms with van der Waals surface area (Å²) in [5.41, 5.74) is 4.06. The number of fused-ring (bicyclic) bond motifs is 3. The first-order valence-corrected chi connectivity index (χ1v) is 8.97. The van der Waals surface area contributed by atoms with Crippen LogP contribution in [0.4, 0.5) is 0 Å². The van der Waals surface area contributed by atoms with Crippen LogP contribution in [0, 0.1) is 22.7 Å². The van der Waals surface area contributed by atoms with Gasteiger partial charge in [-0.3, -0.25) is 4.79 Å². The van der Waals surface area contributed by atoms with Crippen molar-refractivity contribution in [2.75, 3.05) is 0 Å². The summed E-state index contributed by atoms with van der Waals surface area (Å²) >= 11 is 0. The van der Waals surface area contributed by atoms with Crippen LogP contribution in [0.15, 0.2) is 34.4 Å². The number of Topliss-reactive ketones (excluding diaryl/α,β-unsaturated/α-hetero) is 1. The average Bonchev–Trinajstić information content (AvgIpc) is 2.40. The number of ketones is 1. The summed E-state index contributed by atoms with van der Waals surface area (Å²) in [7, 11) is 0. The van der Waals surface area contributed by atoms with Crippen molar-refractivity contribution < 1.29 is 9.90 Å². The van der Waals surface area contributed by atoms with E-state index in [-0.39, 0.29) is 28.4 Å². The first-order valence-electron chi connectivity index (χ1n) is 8.97. The van der Waals surface area contributed by atoms with E-state index in [2.05, 4.69) is 34.6 Å². The summed E-state index contributed by atoms with van der Waals surface area (Å²) in [5, 5.41) is 10.9. The molecule has 2 heteroatoms. The summed E-state index contributed by atoms with van der Waals surface area (Å²) in [6.45, 7) is 12.9. The fourth-order valence-corrected chi connectivity index (χ4v) is 5.65. The molecule has 0 bridgehead atoms. The number of hydrogen-bond donors (Lipinski definition) is 1. The lowest BCUT2D eigenvalue weighted by Gasteiger charge is -2.56. The van der Waals surface area contributed by atoms with Gasteiger partial charge in [0.1, 0.15) is 0 Å². The van der Waals surface area contributed by atoms with E-state index in [0.717, 1.165) is 36.0 Å². The number of allylic oxidation sites excluding steroid dienone is 5. The van der Waals surface area contributed by atoms with Gasteiger partial charge in [0, 0.05) is 17.1 Å². The Kier molecular flexibility index (Phi) is 3.76. The van der Waals surface area contributed by atoms with Crippen molar-refractivity contribution >= 4 is 5.78 Å². The summed E-state index contributed by atoms with van der Waals surface area (Å²) < 4.78 is 0. The van der Waals surface area contributed by atoms with Crippen LogP contribution in [-0.4, -0.2) is 17.0 Å². The molecule has 0 radical (unpaired) electrons. The zero-order valence-corrected chi connectivity index (χ0v) is 15.4. The van der Waals surface area contributed by atoms with Gasteiger partial charge in [-0.05, 0) is 59.8 Å². The number of carbonyl (C=O) groups excluding carboxylic acids is 1. The molecular weight excluding hydrogens is 284 g/mol. The van der Waals surface area contributed by atoms with Gasteiger partial charge < -0.3 is 5.11 Å². The monoisotopic (exact) mass is 314 g/mol. The predicted molar refractivity (Wildman–Crippen MR) is 93.9 cm³/mol. The van der Waals surface area contributed by atoms with Crippen molar-refractivity contribution in [3.63, 3.8) is 0 Å². The van der Waals surface area contributed by atoms with Crippen LogP contribution in [0.5, 0.6) is 0 Å². The lowest BCUT2D eigenvalue weighted by atomic mass is 9.48. The molecule has 0 spiro atoms. The zero-order valence-electron chi connectivity index (χ0n) is 15.4. The molecule has 1 N–H and O–H groups in total. The van der Waals surface area contributed by atoms with Crippen molar-refractivity contribution in [3.8, 4) is 0 Å². The van der Waals surface area contributed by atoms with Crippen LogP contribution in [0.2, 0.25) is 0 Å². The Bertz CT molecular complexity index is 645. The maximum Gasteiger partial charge on any atom is 0.185 e. The molecule has 1 fully saturated rings. The lowest BCUT2D eigenvalue weighted by Crippen LogP contribution is -2.52. The van der Waals surface area contributed by atoms with E-state index in [0.29, 0.717) is 0 Å². The number of carbonyl (C=O) groups is 1. The van der Waals surface area contributed by atoms with E-state index in [1.54, 1.807) is 0 Å². The topological polar surface area (TPSA) is 37.3 Å². The minimum absolute atomic E-state index is 0.0901. The number of hydrogen-bond acceptors (Lipinski definition) is 2. The molecule has 0 unspecified atom stereocenters. The van der Waals surface area contributed by atoms with E-state index < -0.39 is 6.10 Å². The van der Waals surface area contributed by atoms with Gasteiger partial charge in [-0.25, -0.2) is 0 Å². The normalized spacial score (nSPS) is 36.4. The van der Waals surface area contributed by atoms with Crippen LogP contribution >= 0.6 is 0 Å². The van der Waals surface area contributed by atoms with Crippen molar-refractivity contribution in [3.05, 3.63) is 34.4 Å². The molecule has 0 heterocycles. The Balaban J connectivity index is 2.22. The van der Waals surface area contributed by atoms with Gasteiger partial charge in [0.2, 0.25) is 0 Å². The summed E-state index contributed by atoms with van der Waals surface area (Å²) in [5.74, 6) is 0.594. The first kappa shape index (κ1) is 16.7. The Labute approximate surface area is 140 Å². The van der Waals surface area contributed by atoms with Crippen molar-refractivity contribution in [1.29, 1.82) is 0 Å². The van der Waals surface area contributed by atoms with Gasteiger partial charge in [-0.1, -0.05) is 41.0 Å². The SMILES string of the molecule is CC1=C2C(=C[C@H](O)[C@H]3C(C)(C)CCC[C@]23C)C=C(C(C)C)C1=O. The average molecular weight is 314 g/mol. The van der Waals surface area contributed by atoms with E-state index in [1.165, 1.54) is 5.57 Å². The highest BCUT2D eigenvalue weighted by molar-refractivity contribution is 6.11. The quantitative estimate of drug-likeness (QED) is 0.768. The molecule has 0 amide bonds. The molecule has 3 aliphatic carbocycles. The highest BCUT2D eigenvalue weighted by atomic mass is 16.3. The van der Waals surface area contributed by atoms with E-state index >= 15 is 0 Å². The van der Waals surface area contributed by atoms with Gasteiger partial charge in [0.15, 0.2) is 5.78 Å². The molecule has 3 rings (SSSR count).